The van der Waals surface area contributed by atoms with Crippen LogP contribution >= 0.6 is 11.3 Å². The van der Waals surface area contributed by atoms with Crippen molar-refractivity contribution in [3.05, 3.63) is 64.4 Å². The molecule has 0 aliphatic carbocycles. The molecule has 2 aromatic heterocycles. The monoisotopic (exact) mass is 486 g/mol. The lowest BCUT2D eigenvalue weighted by Crippen LogP contribution is -2.30. The van der Waals surface area contributed by atoms with E-state index in [1.165, 1.54) is 19.9 Å². The summed E-state index contributed by atoms with van der Waals surface area (Å²) in [5, 5.41) is 13.3. The molecule has 1 aliphatic heterocycles. The van der Waals surface area contributed by atoms with E-state index in [-0.39, 0.29) is 38.5 Å². The van der Waals surface area contributed by atoms with Crippen molar-refractivity contribution in [2.45, 2.75) is 45.9 Å². The molecule has 3 aromatic rings. The number of nitrogens with one attached hydrogen (secondary N) is 1. The minimum absolute atomic E-state index is 0.0204. The van der Waals surface area contributed by atoms with Gasteiger partial charge in [0.1, 0.15) is 22.5 Å². The molecule has 1 aromatic carbocycles. The summed E-state index contributed by atoms with van der Waals surface area (Å²) in [5.74, 6) is -2.25. The predicted octanol–water partition coefficient (Wildman–Crippen LogP) is 4.52. The van der Waals surface area contributed by atoms with Gasteiger partial charge in [-0.1, -0.05) is 0 Å². The maximum atomic E-state index is 14.9. The van der Waals surface area contributed by atoms with E-state index in [4.69, 9.17) is 5.73 Å². The Morgan fingerprint density at radius 3 is 2.44 bits per heavy atom. The molecular formula is C24H24F2N4O3S. The Morgan fingerprint density at radius 2 is 1.88 bits per heavy atom. The fraction of sp³-hybridized carbons (Fsp3) is 0.292. The summed E-state index contributed by atoms with van der Waals surface area (Å²) < 4.78 is 29.7. The van der Waals surface area contributed by atoms with Crippen molar-refractivity contribution in [2.75, 3.05) is 5.32 Å². The van der Waals surface area contributed by atoms with E-state index in [0.29, 0.717) is 23.6 Å². The number of primary amides is 1. The van der Waals surface area contributed by atoms with Gasteiger partial charge >= 0.3 is 0 Å². The second-order valence-electron chi connectivity index (χ2n) is 8.93. The van der Waals surface area contributed by atoms with Crippen LogP contribution < -0.4 is 11.1 Å². The lowest BCUT2D eigenvalue weighted by atomic mass is 9.96. The Kier molecular flexibility index (Phi) is 5.91. The van der Waals surface area contributed by atoms with Crippen molar-refractivity contribution in [3.8, 4) is 10.4 Å². The number of anilines is 2. The van der Waals surface area contributed by atoms with Gasteiger partial charge in [-0.25, -0.2) is 13.8 Å². The molecule has 0 radical (unpaired) electrons. The number of aromatic nitrogens is 1. The largest absolute Gasteiger partial charge is 0.386 e. The SMILES string of the molecule is CC(C)N1Cc2nc(Nc3sc(-c4c(F)cc(C(C)(C)O)cc4F)cc3C(N)=O)ccc2C1=O. The summed E-state index contributed by atoms with van der Waals surface area (Å²) in [6.07, 6.45) is 0. The van der Waals surface area contributed by atoms with Crippen LogP contribution in [0.5, 0.6) is 0 Å². The number of hydrogen-bond donors (Lipinski definition) is 3. The number of nitrogens with two attached hydrogens (primary N) is 1. The Bertz CT molecular complexity index is 1290. The standard InChI is InChI=1S/C24H24F2N4O3S/c1-11(2)30-10-17-13(23(30)32)5-6-19(28-17)29-22-14(21(27)31)9-18(34-22)20-15(25)7-12(8-16(20)26)24(3,4)33/h5-9,11,33H,10H2,1-4H3,(H2,27,31)(H,28,29). The summed E-state index contributed by atoms with van der Waals surface area (Å²) >= 11 is 0.945. The van der Waals surface area contributed by atoms with E-state index in [1.807, 2.05) is 13.8 Å². The Labute approximate surface area is 199 Å². The molecule has 1 aliphatic rings. The third-order valence-corrected chi connectivity index (χ3v) is 6.71. The van der Waals surface area contributed by atoms with Crippen LogP contribution in [0.2, 0.25) is 0 Å². The van der Waals surface area contributed by atoms with Gasteiger partial charge in [-0.05, 0) is 63.6 Å². The summed E-state index contributed by atoms with van der Waals surface area (Å²) in [6.45, 7) is 7.06. The Morgan fingerprint density at radius 1 is 1.24 bits per heavy atom. The first-order valence-corrected chi connectivity index (χ1v) is 11.4. The van der Waals surface area contributed by atoms with Gasteiger partial charge < -0.3 is 21.1 Å². The summed E-state index contributed by atoms with van der Waals surface area (Å²) in [7, 11) is 0. The third kappa shape index (κ3) is 4.26. The average molecular weight is 487 g/mol. The molecule has 7 nitrogen and oxygen atoms in total. The number of carbonyl (C=O) groups excluding carboxylic acids is 2. The maximum absolute atomic E-state index is 14.9. The number of nitrogens with zero attached hydrogens (tertiary/aromatic N) is 2. The van der Waals surface area contributed by atoms with Gasteiger partial charge in [0, 0.05) is 10.9 Å². The highest BCUT2D eigenvalue weighted by atomic mass is 32.1. The maximum Gasteiger partial charge on any atom is 0.256 e. The molecule has 0 atom stereocenters. The van der Waals surface area contributed by atoms with Crippen LogP contribution in [-0.2, 0) is 12.1 Å². The zero-order valence-electron chi connectivity index (χ0n) is 19.1. The number of benzene rings is 1. The molecule has 2 amide bonds. The smallest absolute Gasteiger partial charge is 0.256 e. The lowest BCUT2D eigenvalue weighted by Gasteiger charge is -2.19. The van der Waals surface area contributed by atoms with Gasteiger partial charge in [0.2, 0.25) is 0 Å². The van der Waals surface area contributed by atoms with Crippen LogP contribution in [-0.4, -0.2) is 32.8 Å². The van der Waals surface area contributed by atoms with Crippen LogP contribution in [0, 0.1) is 11.6 Å². The van der Waals surface area contributed by atoms with Gasteiger partial charge in [0.15, 0.2) is 0 Å². The van der Waals surface area contributed by atoms with Crippen LogP contribution in [0.3, 0.4) is 0 Å². The first kappa shape index (κ1) is 23.8. The number of rotatable bonds is 6. The van der Waals surface area contributed by atoms with E-state index >= 15 is 0 Å². The summed E-state index contributed by atoms with van der Waals surface area (Å²) in [4.78, 5) is 30.9. The predicted molar refractivity (Wildman–Crippen MR) is 126 cm³/mol. The molecule has 3 heterocycles. The number of halogens is 2. The van der Waals surface area contributed by atoms with Gasteiger partial charge in [-0.3, -0.25) is 9.59 Å². The van der Waals surface area contributed by atoms with Crippen molar-refractivity contribution < 1.29 is 23.5 Å². The minimum Gasteiger partial charge on any atom is -0.386 e. The van der Waals surface area contributed by atoms with Crippen LogP contribution in [0.1, 0.15) is 59.7 Å². The molecule has 0 fully saturated rings. The van der Waals surface area contributed by atoms with E-state index in [0.717, 1.165) is 23.5 Å². The van der Waals surface area contributed by atoms with Crippen LogP contribution in [0.15, 0.2) is 30.3 Å². The molecule has 0 bridgehead atoms. The van der Waals surface area contributed by atoms with Crippen molar-refractivity contribution in [1.82, 2.24) is 9.88 Å². The lowest BCUT2D eigenvalue weighted by molar-refractivity contribution is 0.0729. The second kappa shape index (κ2) is 8.44. The minimum atomic E-state index is -1.42. The van der Waals surface area contributed by atoms with Gasteiger partial charge in [0.05, 0.1) is 34.5 Å². The van der Waals surface area contributed by atoms with E-state index in [9.17, 15) is 23.5 Å². The van der Waals surface area contributed by atoms with Crippen LogP contribution in [0.4, 0.5) is 19.6 Å². The topological polar surface area (TPSA) is 109 Å². The number of hydrogen-bond acceptors (Lipinski definition) is 6. The molecule has 10 heteroatoms. The molecule has 0 saturated heterocycles. The van der Waals surface area contributed by atoms with Crippen molar-refractivity contribution >= 4 is 34.0 Å². The van der Waals surface area contributed by atoms with Gasteiger partial charge in [-0.2, -0.15) is 0 Å². The third-order valence-electron chi connectivity index (χ3n) is 5.64. The molecule has 0 spiro atoms. The van der Waals surface area contributed by atoms with Crippen molar-refractivity contribution in [3.63, 3.8) is 0 Å². The molecule has 0 unspecified atom stereocenters. The fourth-order valence-corrected chi connectivity index (χ4v) is 4.88. The molecular weight excluding hydrogens is 462 g/mol. The highest BCUT2D eigenvalue weighted by Crippen LogP contribution is 2.40. The van der Waals surface area contributed by atoms with Crippen molar-refractivity contribution in [2.24, 2.45) is 5.73 Å². The first-order chi connectivity index (χ1) is 15.9. The van der Waals surface area contributed by atoms with E-state index in [1.54, 1.807) is 17.0 Å². The normalized spacial score (nSPS) is 13.5. The summed E-state index contributed by atoms with van der Waals surface area (Å²) in [5.41, 5.74) is 5.01. The zero-order chi connectivity index (χ0) is 24.9. The molecule has 4 N–H and O–H groups in total. The summed E-state index contributed by atoms with van der Waals surface area (Å²) in [6, 6.07) is 6.72. The zero-order valence-corrected chi connectivity index (χ0v) is 19.9. The Balaban J connectivity index is 1.70. The quantitative estimate of drug-likeness (QED) is 0.475. The number of fused-ring (bicyclic) bond motifs is 1. The molecule has 4 rings (SSSR count). The second-order valence-corrected chi connectivity index (χ2v) is 9.99. The highest BCUT2D eigenvalue weighted by molar-refractivity contribution is 7.20. The molecule has 34 heavy (non-hydrogen) atoms. The number of pyridine rings is 1. The van der Waals surface area contributed by atoms with Gasteiger partial charge in [-0.15, -0.1) is 11.3 Å². The Hall–Kier alpha value is -3.37. The number of aliphatic hydroxyl groups is 1. The molecule has 0 saturated carbocycles. The highest BCUT2D eigenvalue weighted by Gasteiger charge is 2.31. The van der Waals surface area contributed by atoms with Crippen LogP contribution in [0.25, 0.3) is 10.4 Å². The fourth-order valence-electron chi connectivity index (χ4n) is 3.76. The van der Waals surface area contributed by atoms with E-state index < -0.39 is 23.1 Å². The molecule has 178 valence electrons. The van der Waals surface area contributed by atoms with Crippen molar-refractivity contribution in [1.29, 1.82) is 0 Å². The first-order valence-electron chi connectivity index (χ1n) is 10.6. The average Bonchev–Trinajstić information content (AvgIpc) is 3.28. The number of carbonyl (C=O) groups is 2. The number of amides is 2. The number of thiophene rings is 1. The van der Waals surface area contributed by atoms with Gasteiger partial charge in [0.25, 0.3) is 11.8 Å². The van der Waals surface area contributed by atoms with E-state index in [2.05, 4.69) is 10.3 Å².